The molecule has 0 bridgehead atoms. The van der Waals surface area contributed by atoms with Crippen LogP contribution in [0.2, 0.25) is 0 Å². The summed E-state index contributed by atoms with van der Waals surface area (Å²) in [5.74, 6) is 0.177. The van der Waals surface area contributed by atoms with Crippen LogP contribution in [0.3, 0.4) is 0 Å². The molecule has 0 saturated carbocycles. The van der Waals surface area contributed by atoms with Gasteiger partial charge in [0.2, 0.25) is 10.0 Å². The largest absolute Gasteiger partial charge is 0.491 e. The molecule has 0 aromatic heterocycles. The second-order valence-corrected chi connectivity index (χ2v) is 12.5. The van der Waals surface area contributed by atoms with E-state index in [-0.39, 0.29) is 24.5 Å². The molecule has 1 heterocycles. The van der Waals surface area contributed by atoms with Crippen LogP contribution in [0.25, 0.3) is 0 Å². The lowest BCUT2D eigenvalue weighted by atomic mass is 10.0. The highest BCUT2D eigenvalue weighted by molar-refractivity contribution is 7.92. The van der Waals surface area contributed by atoms with Gasteiger partial charge in [-0.1, -0.05) is 30.3 Å². The number of nitrogens with one attached hydrogen (secondary N) is 4. The van der Waals surface area contributed by atoms with Crippen molar-refractivity contribution in [2.75, 3.05) is 49.1 Å². The number of aliphatic hydroxyl groups excluding tert-OH is 1. The van der Waals surface area contributed by atoms with Crippen molar-refractivity contribution in [3.63, 3.8) is 0 Å². The fourth-order valence-corrected chi connectivity index (χ4v) is 5.29. The zero-order valence-corrected chi connectivity index (χ0v) is 25.1. The highest BCUT2D eigenvalue weighted by Gasteiger charge is 2.22. The van der Waals surface area contributed by atoms with Gasteiger partial charge in [-0.15, -0.1) is 0 Å². The Bertz CT molecular complexity index is 1420. The quantitative estimate of drug-likeness (QED) is 0.176. The predicted molar refractivity (Wildman–Crippen MR) is 166 cm³/mol. The number of sulfonamides is 1. The van der Waals surface area contributed by atoms with Crippen molar-refractivity contribution in [1.82, 2.24) is 15.5 Å². The highest BCUT2D eigenvalue weighted by Crippen LogP contribution is 2.19. The van der Waals surface area contributed by atoms with Crippen molar-refractivity contribution >= 4 is 27.4 Å². The van der Waals surface area contributed by atoms with Crippen molar-refractivity contribution in [3.8, 4) is 5.75 Å². The van der Waals surface area contributed by atoms with E-state index in [1.807, 2.05) is 4.90 Å². The van der Waals surface area contributed by atoms with Crippen LogP contribution in [-0.2, 0) is 23.0 Å². The lowest BCUT2D eigenvalue weighted by Gasteiger charge is -2.33. The van der Waals surface area contributed by atoms with Gasteiger partial charge in [-0.25, -0.2) is 17.6 Å². The Hall–Kier alpha value is -3.87. The maximum absolute atomic E-state index is 13.0. The molecule has 3 aromatic rings. The molecule has 0 spiro atoms. The monoisotopic (exact) mass is 613 g/mol. The average Bonchev–Trinajstić information content (AvgIpc) is 2.98. The number of anilines is 2. The zero-order chi connectivity index (χ0) is 30.7. The minimum atomic E-state index is -3.38. The molecule has 0 radical (unpaired) electrons. The number of carbonyl (C=O) groups is 1. The lowest BCUT2D eigenvalue weighted by Crippen LogP contribution is -2.46. The molecule has 1 unspecified atom stereocenters. The standard InChI is InChI=1S/C31H40FN5O5S/c1-43(40,41)36-28-3-2-4-30(19-28)42-22-29(38)21-33-16-13-23-7-11-26(12-8-23)35-27-14-17-37(18-15-27)31(39)34-20-24-5-9-25(32)10-6-24/h2-12,19,27,29,33,35-36,38H,13-18,20-22H2,1H3,(H,34,39). The van der Waals surface area contributed by atoms with E-state index in [0.29, 0.717) is 44.2 Å². The molecule has 43 heavy (non-hydrogen) atoms. The van der Waals surface area contributed by atoms with E-state index < -0.39 is 16.1 Å². The maximum atomic E-state index is 13.0. The summed E-state index contributed by atoms with van der Waals surface area (Å²) < 4.78 is 43.8. The fraction of sp³-hybridized carbons (Fsp3) is 0.387. The number of piperidine rings is 1. The first kappa shape index (κ1) is 32.1. The van der Waals surface area contributed by atoms with Gasteiger partial charge in [0.15, 0.2) is 0 Å². The van der Waals surface area contributed by atoms with Crippen LogP contribution >= 0.6 is 0 Å². The Balaban J connectivity index is 1.08. The number of aliphatic hydroxyl groups is 1. The molecule has 0 aliphatic carbocycles. The first-order valence-corrected chi connectivity index (χ1v) is 16.2. The Morgan fingerprint density at radius 1 is 1.02 bits per heavy atom. The minimum absolute atomic E-state index is 0.0787. The second kappa shape index (κ2) is 15.6. The molecule has 1 fully saturated rings. The molecular weight excluding hydrogens is 573 g/mol. The fourth-order valence-electron chi connectivity index (χ4n) is 4.74. The van der Waals surface area contributed by atoms with Crippen LogP contribution in [0, 0.1) is 5.82 Å². The van der Waals surface area contributed by atoms with Crippen LogP contribution < -0.4 is 25.4 Å². The first-order chi connectivity index (χ1) is 20.6. The van der Waals surface area contributed by atoms with Gasteiger partial charge in [0.05, 0.1) is 11.9 Å². The van der Waals surface area contributed by atoms with Crippen molar-refractivity contribution in [2.45, 2.75) is 38.0 Å². The third kappa shape index (κ3) is 11.4. The number of hydrogen-bond acceptors (Lipinski definition) is 7. The van der Waals surface area contributed by atoms with E-state index >= 15 is 0 Å². The first-order valence-electron chi connectivity index (χ1n) is 14.3. The number of amides is 2. The summed E-state index contributed by atoms with van der Waals surface area (Å²) in [7, 11) is -3.38. The molecule has 4 rings (SSSR count). The predicted octanol–water partition coefficient (Wildman–Crippen LogP) is 3.56. The second-order valence-electron chi connectivity index (χ2n) is 10.7. The lowest BCUT2D eigenvalue weighted by molar-refractivity contribution is 0.106. The molecule has 1 atom stereocenters. The number of benzene rings is 3. The number of hydrogen-bond donors (Lipinski definition) is 5. The van der Waals surface area contributed by atoms with E-state index in [4.69, 9.17) is 4.74 Å². The Labute approximate surface area is 252 Å². The van der Waals surface area contributed by atoms with Crippen molar-refractivity contribution < 1.29 is 27.4 Å². The number of ether oxygens (including phenoxy) is 1. The Morgan fingerprint density at radius 3 is 2.42 bits per heavy atom. The Morgan fingerprint density at radius 2 is 1.72 bits per heavy atom. The third-order valence-electron chi connectivity index (χ3n) is 7.01. The van der Waals surface area contributed by atoms with E-state index in [0.717, 1.165) is 36.8 Å². The number of nitrogens with zero attached hydrogens (tertiary/aromatic N) is 1. The number of urea groups is 1. The van der Waals surface area contributed by atoms with Crippen LogP contribution in [0.15, 0.2) is 72.8 Å². The molecule has 12 heteroatoms. The summed E-state index contributed by atoms with van der Waals surface area (Å²) >= 11 is 0. The summed E-state index contributed by atoms with van der Waals surface area (Å²) in [4.78, 5) is 14.3. The minimum Gasteiger partial charge on any atom is -0.491 e. The average molecular weight is 614 g/mol. The number of halogens is 1. The van der Waals surface area contributed by atoms with Gasteiger partial charge in [-0.2, -0.15) is 0 Å². The topological polar surface area (TPSA) is 132 Å². The Kier molecular flexibility index (Phi) is 11.6. The third-order valence-corrected chi connectivity index (χ3v) is 7.62. The van der Waals surface area contributed by atoms with E-state index in [9.17, 15) is 22.7 Å². The van der Waals surface area contributed by atoms with Gasteiger partial charge in [-0.05, 0) is 73.3 Å². The van der Waals surface area contributed by atoms with Gasteiger partial charge in [0.1, 0.15) is 24.3 Å². The highest BCUT2D eigenvalue weighted by atomic mass is 32.2. The number of rotatable bonds is 14. The van der Waals surface area contributed by atoms with Crippen molar-refractivity contribution in [2.24, 2.45) is 0 Å². The van der Waals surface area contributed by atoms with Gasteiger partial charge >= 0.3 is 6.03 Å². The van der Waals surface area contributed by atoms with Crippen molar-refractivity contribution in [1.29, 1.82) is 0 Å². The summed E-state index contributed by atoms with van der Waals surface area (Å²) in [6.07, 6.45) is 2.87. The van der Waals surface area contributed by atoms with Crippen LogP contribution in [0.1, 0.15) is 24.0 Å². The normalized spacial score (nSPS) is 14.6. The number of carbonyl (C=O) groups excluding carboxylic acids is 1. The van der Waals surface area contributed by atoms with Gasteiger partial charge < -0.3 is 30.7 Å². The van der Waals surface area contributed by atoms with E-state index in [2.05, 4.69) is 44.9 Å². The zero-order valence-electron chi connectivity index (χ0n) is 24.3. The maximum Gasteiger partial charge on any atom is 0.317 e. The van der Waals surface area contributed by atoms with Gasteiger partial charge in [0.25, 0.3) is 0 Å². The molecule has 1 saturated heterocycles. The summed E-state index contributed by atoms with van der Waals surface area (Å²) in [5, 5.41) is 19.9. The van der Waals surface area contributed by atoms with Crippen LogP contribution in [-0.4, -0.2) is 75.6 Å². The molecule has 3 aromatic carbocycles. The summed E-state index contributed by atoms with van der Waals surface area (Å²) in [5.41, 5.74) is 3.48. The van der Waals surface area contributed by atoms with Crippen LogP contribution in [0.5, 0.6) is 5.75 Å². The molecule has 10 nitrogen and oxygen atoms in total. The van der Waals surface area contributed by atoms with Gasteiger partial charge in [0, 0.05) is 44.0 Å². The molecule has 1 aliphatic rings. The molecular formula is C31H40FN5O5S. The summed E-state index contributed by atoms with van der Waals surface area (Å²) in [6.45, 7) is 2.84. The molecule has 232 valence electrons. The van der Waals surface area contributed by atoms with Gasteiger partial charge in [-0.3, -0.25) is 4.72 Å². The molecule has 1 aliphatic heterocycles. The smallest absolute Gasteiger partial charge is 0.317 e. The molecule has 2 amide bonds. The van der Waals surface area contributed by atoms with Crippen LogP contribution in [0.4, 0.5) is 20.6 Å². The molecule has 5 N–H and O–H groups in total. The van der Waals surface area contributed by atoms with E-state index in [1.165, 1.54) is 17.7 Å². The summed E-state index contributed by atoms with van der Waals surface area (Å²) in [6, 6.07) is 21.2. The SMILES string of the molecule is CS(=O)(=O)Nc1cccc(OCC(O)CNCCc2ccc(NC3CCN(C(=O)NCc4ccc(F)cc4)CC3)cc2)c1. The number of likely N-dealkylation sites (tertiary alicyclic amines) is 1. The van der Waals surface area contributed by atoms with Crippen molar-refractivity contribution in [3.05, 3.63) is 89.7 Å². The van der Waals surface area contributed by atoms with E-state index in [1.54, 1.807) is 36.4 Å².